The molecule has 3 rings (SSSR count). The largest absolute Gasteiger partial charge is 0.376 e. The molecule has 4 heteroatoms. The summed E-state index contributed by atoms with van der Waals surface area (Å²) in [6.45, 7) is 7.24. The summed E-state index contributed by atoms with van der Waals surface area (Å²) in [5, 5.41) is 3.48. The lowest BCUT2D eigenvalue weighted by Crippen LogP contribution is -2.47. The molecule has 0 spiro atoms. The van der Waals surface area contributed by atoms with E-state index in [9.17, 15) is 4.79 Å². The molecular formula is C15H26N2O2. The van der Waals surface area contributed by atoms with E-state index in [0.29, 0.717) is 29.9 Å². The summed E-state index contributed by atoms with van der Waals surface area (Å²) in [6, 6.07) is 0.303. The Kier molecular flexibility index (Phi) is 3.56. The lowest BCUT2D eigenvalue weighted by molar-refractivity contribution is -0.134. The molecule has 2 heterocycles. The van der Waals surface area contributed by atoms with Gasteiger partial charge in [-0.3, -0.25) is 10.1 Å². The summed E-state index contributed by atoms with van der Waals surface area (Å²) in [6.07, 6.45) is 5.05. The highest BCUT2D eigenvalue weighted by molar-refractivity contribution is 5.85. The number of carbonyl (C=O) groups excluding carboxylic acids is 1. The van der Waals surface area contributed by atoms with Gasteiger partial charge in [0.05, 0.1) is 24.4 Å². The van der Waals surface area contributed by atoms with E-state index >= 15 is 0 Å². The van der Waals surface area contributed by atoms with Gasteiger partial charge in [-0.25, -0.2) is 0 Å². The van der Waals surface area contributed by atoms with Crippen molar-refractivity contribution in [3.63, 3.8) is 0 Å². The standard InChI is InChI=1S/C15H26N2O2/c1-4-9(2)13-15(18)17(10(3)16-13)12-7-8-19-14(12)11-5-6-11/h9-14,16H,4-8H2,1-3H3. The summed E-state index contributed by atoms with van der Waals surface area (Å²) in [5.41, 5.74) is 0. The van der Waals surface area contributed by atoms with Crippen molar-refractivity contribution < 1.29 is 9.53 Å². The van der Waals surface area contributed by atoms with Crippen LogP contribution in [0.2, 0.25) is 0 Å². The van der Waals surface area contributed by atoms with Crippen molar-refractivity contribution in [3.05, 3.63) is 0 Å². The topological polar surface area (TPSA) is 41.6 Å². The molecule has 0 bridgehead atoms. The molecule has 3 fully saturated rings. The molecule has 2 aliphatic heterocycles. The van der Waals surface area contributed by atoms with E-state index in [1.54, 1.807) is 0 Å². The highest BCUT2D eigenvalue weighted by atomic mass is 16.5. The van der Waals surface area contributed by atoms with Crippen molar-refractivity contribution in [2.45, 2.75) is 70.8 Å². The monoisotopic (exact) mass is 266 g/mol. The molecule has 0 aromatic heterocycles. The van der Waals surface area contributed by atoms with Crippen molar-refractivity contribution in [1.82, 2.24) is 10.2 Å². The molecule has 1 N–H and O–H groups in total. The van der Waals surface area contributed by atoms with Crippen molar-refractivity contribution in [2.24, 2.45) is 11.8 Å². The van der Waals surface area contributed by atoms with Crippen molar-refractivity contribution in [1.29, 1.82) is 0 Å². The summed E-state index contributed by atoms with van der Waals surface area (Å²) in [4.78, 5) is 14.8. The maximum atomic E-state index is 12.7. The molecule has 0 aromatic rings. The van der Waals surface area contributed by atoms with E-state index in [1.807, 2.05) is 0 Å². The third kappa shape index (κ3) is 2.29. The first-order valence-corrected chi connectivity index (χ1v) is 7.83. The third-order valence-corrected chi connectivity index (χ3v) is 5.12. The average molecular weight is 266 g/mol. The molecule has 1 aliphatic carbocycles. The fourth-order valence-corrected chi connectivity index (χ4v) is 3.63. The number of nitrogens with one attached hydrogen (secondary N) is 1. The summed E-state index contributed by atoms with van der Waals surface area (Å²) in [7, 11) is 0. The normalized spacial score (nSPS) is 41.0. The Morgan fingerprint density at radius 2 is 2.16 bits per heavy atom. The molecule has 0 aromatic carbocycles. The number of ether oxygens (including phenoxy) is 1. The molecule has 3 aliphatic rings. The van der Waals surface area contributed by atoms with Gasteiger partial charge in [-0.15, -0.1) is 0 Å². The van der Waals surface area contributed by atoms with Gasteiger partial charge < -0.3 is 9.64 Å². The van der Waals surface area contributed by atoms with Crippen LogP contribution in [0, 0.1) is 11.8 Å². The van der Waals surface area contributed by atoms with E-state index in [2.05, 4.69) is 31.0 Å². The molecule has 0 radical (unpaired) electrons. The van der Waals surface area contributed by atoms with E-state index < -0.39 is 0 Å². The number of hydrogen-bond donors (Lipinski definition) is 1. The van der Waals surface area contributed by atoms with Gasteiger partial charge >= 0.3 is 0 Å². The number of rotatable bonds is 4. The Bertz CT molecular complexity index is 356. The highest BCUT2D eigenvalue weighted by Crippen LogP contribution is 2.41. The predicted molar refractivity (Wildman–Crippen MR) is 73.6 cm³/mol. The fourth-order valence-electron chi connectivity index (χ4n) is 3.63. The van der Waals surface area contributed by atoms with Crippen LogP contribution >= 0.6 is 0 Å². The van der Waals surface area contributed by atoms with Crippen LogP contribution in [-0.4, -0.2) is 41.8 Å². The lowest BCUT2D eigenvalue weighted by Gasteiger charge is -2.31. The van der Waals surface area contributed by atoms with E-state index in [-0.39, 0.29) is 12.2 Å². The third-order valence-electron chi connectivity index (χ3n) is 5.12. The molecule has 1 amide bonds. The maximum absolute atomic E-state index is 12.7. The predicted octanol–water partition coefficient (Wildman–Crippen LogP) is 1.75. The summed E-state index contributed by atoms with van der Waals surface area (Å²) < 4.78 is 5.90. The second-order valence-corrected chi connectivity index (χ2v) is 6.48. The van der Waals surface area contributed by atoms with E-state index in [1.165, 1.54) is 12.8 Å². The second-order valence-electron chi connectivity index (χ2n) is 6.48. The Hall–Kier alpha value is -0.610. The van der Waals surface area contributed by atoms with Gasteiger partial charge in [-0.1, -0.05) is 20.3 Å². The van der Waals surface area contributed by atoms with Gasteiger partial charge in [0.1, 0.15) is 0 Å². The fraction of sp³-hybridized carbons (Fsp3) is 0.933. The van der Waals surface area contributed by atoms with Gasteiger partial charge in [-0.2, -0.15) is 0 Å². The van der Waals surface area contributed by atoms with Gasteiger partial charge in [0.15, 0.2) is 0 Å². The quantitative estimate of drug-likeness (QED) is 0.843. The number of amides is 1. The van der Waals surface area contributed by atoms with Gasteiger partial charge in [0.2, 0.25) is 5.91 Å². The van der Waals surface area contributed by atoms with Crippen LogP contribution in [0.1, 0.15) is 46.5 Å². The zero-order chi connectivity index (χ0) is 13.6. The molecular weight excluding hydrogens is 240 g/mol. The van der Waals surface area contributed by atoms with E-state index in [4.69, 9.17) is 4.74 Å². The average Bonchev–Trinajstić information content (AvgIpc) is 3.06. The van der Waals surface area contributed by atoms with Crippen LogP contribution in [0.15, 0.2) is 0 Å². The van der Waals surface area contributed by atoms with Gasteiger partial charge in [0, 0.05) is 6.61 Å². The molecule has 5 unspecified atom stereocenters. The first-order chi connectivity index (χ1) is 9.13. The zero-order valence-corrected chi connectivity index (χ0v) is 12.3. The van der Waals surface area contributed by atoms with Crippen LogP contribution < -0.4 is 5.32 Å². The van der Waals surface area contributed by atoms with Crippen LogP contribution in [-0.2, 0) is 9.53 Å². The Balaban J connectivity index is 1.74. The summed E-state index contributed by atoms with van der Waals surface area (Å²) in [5.74, 6) is 1.40. The Morgan fingerprint density at radius 1 is 1.42 bits per heavy atom. The Labute approximate surface area is 115 Å². The summed E-state index contributed by atoms with van der Waals surface area (Å²) >= 11 is 0. The first-order valence-electron chi connectivity index (χ1n) is 7.83. The van der Waals surface area contributed by atoms with Crippen LogP contribution in [0.4, 0.5) is 0 Å². The van der Waals surface area contributed by atoms with Crippen molar-refractivity contribution in [2.75, 3.05) is 6.61 Å². The minimum Gasteiger partial charge on any atom is -0.376 e. The SMILES string of the molecule is CCC(C)C1NC(C)N(C2CCOC2C2CC2)C1=O. The molecule has 2 saturated heterocycles. The number of carbonyl (C=O) groups is 1. The smallest absolute Gasteiger partial charge is 0.241 e. The maximum Gasteiger partial charge on any atom is 0.241 e. The van der Waals surface area contributed by atoms with Crippen LogP contribution in [0.5, 0.6) is 0 Å². The molecule has 19 heavy (non-hydrogen) atoms. The highest BCUT2D eigenvalue weighted by Gasteiger charge is 2.49. The van der Waals surface area contributed by atoms with Crippen molar-refractivity contribution in [3.8, 4) is 0 Å². The van der Waals surface area contributed by atoms with Crippen LogP contribution in [0.3, 0.4) is 0 Å². The minimum atomic E-state index is 0.000420. The molecule has 108 valence electrons. The molecule has 5 atom stereocenters. The van der Waals surface area contributed by atoms with Gasteiger partial charge in [-0.05, 0) is 38.0 Å². The first kappa shape index (κ1) is 13.4. The lowest BCUT2D eigenvalue weighted by atomic mass is 9.98. The molecule has 4 nitrogen and oxygen atoms in total. The number of nitrogens with zero attached hydrogens (tertiary/aromatic N) is 1. The zero-order valence-electron chi connectivity index (χ0n) is 12.3. The molecule has 1 saturated carbocycles. The Morgan fingerprint density at radius 3 is 2.79 bits per heavy atom. The van der Waals surface area contributed by atoms with Gasteiger partial charge in [0.25, 0.3) is 0 Å². The second kappa shape index (κ2) is 5.06. The van der Waals surface area contributed by atoms with Crippen LogP contribution in [0.25, 0.3) is 0 Å². The minimum absolute atomic E-state index is 0.000420. The number of hydrogen-bond acceptors (Lipinski definition) is 3. The van der Waals surface area contributed by atoms with Crippen molar-refractivity contribution >= 4 is 5.91 Å². The van der Waals surface area contributed by atoms with E-state index in [0.717, 1.165) is 19.4 Å².